The van der Waals surface area contributed by atoms with Gasteiger partial charge in [0.25, 0.3) is 5.91 Å². The van der Waals surface area contributed by atoms with Crippen LogP contribution in [0.1, 0.15) is 16.1 Å². The first-order valence-electron chi connectivity index (χ1n) is 6.44. The van der Waals surface area contributed by atoms with E-state index in [1.165, 1.54) is 6.21 Å². The lowest BCUT2D eigenvalue weighted by molar-refractivity contribution is 0.0950. The van der Waals surface area contributed by atoms with Crippen molar-refractivity contribution in [1.29, 1.82) is 0 Å². The molecule has 0 aliphatic heterocycles. The Bertz CT molecular complexity index is 809. The molecule has 6 nitrogen and oxygen atoms in total. The van der Waals surface area contributed by atoms with Crippen LogP contribution in [-0.4, -0.2) is 27.4 Å². The Morgan fingerprint density at radius 2 is 2.23 bits per heavy atom. The Labute approximate surface area is 130 Å². The van der Waals surface area contributed by atoms with E-state index in [2.05, 4.69) is 20.7 Å². The summed E-state index contributed by atoms with van der Waals surface area (Å²) in [5.41, 5.74) is 4.13. The zero-order valence-corrected chi connectivity index (χ0v) is 12.2. The number of aromatic amines is 1. The van der Waals surface area contributed by atoms with Crippen LogP contribution < -0.4 is 5.43 Å². The molecule has 7 heteroatoms. The number of hydrazone groups is 1. The number of phenolic OH excluding ortho intramolecular Hbond substituents is 1. The molecule has 2 heterocycles. The van der Waals surface area contributed by atoms with Crippen LogP contribution in [0.4, 0.5) is 0 Å². The van der Waals surface area contributed by atoms with E-state index in [4.69, 9.17) is 0 Å². The summed E-state index contributed by atoms with van der Waals surface area (Å²) >= 11 is 1.56. The third-order valence-electron chi connectivity index (χ3n) is 2.85. The lowest BCUT2D eigenvalue weighted by Crippen LogP contribution is -2.17. The minimum atomic E-state index is -0.407. The number of phenols is 1. The molecular weight excluding hydrogens is 300 g/mol. The molecule has 0 fully saturated rings. The van der Waals surface area contributed by atoms with E-state index in [1.807, 2.05) is 17.5 Å². The Balaban J connectivity index is 1.65. The molecular formula is C15H12N4O2S. The van der Waals surface area contributed by atoms with Gasteiger partial charge in [-0.15, -0.1) is 11.3 Å². The van der Waals surface area contributed by atoms with E-state index >= 15 is 0 Å². The van der Waals surface area contributed by atoms with Crippen molar-refractivity contribution < 1.29 is 9.90 Å². The molecule has 0 saturated carbocycles. The van der Waals surface area contributed by atoms with Crippen molar-refractivity contribution in [3.63, 3.8) is 0 Å². The third-order valence-corrected chi connectivity index (χ3v) is 3.75. The minimum Gasteiger partial charge on any atom is -0.508 e. The summed E-state index contributed by atoms with van der Waals surface area (Å²) in [4.78, 5) is 12.9. The molecule has 0 atom stereocenters. The SMILES string of the molecule is O=C(N/N=C/c1cccc(O)c1)c1cc(-c2cccs2)[nH]n1. The largest absolute Gasteiger partial charge is 0.508 e. The molecule has 0 aliphatic carbocycles. The van der Waals surface area contributed by atoms with Gasteiger partial charge in [-0.2, -0.15) is 10.2 Å². The molecule has 3 aromatic rings. The predicted molar refractivity (Wildman–Crippen MR) is 85.1 cm³/mol. The Kier molecular flexibility index (Phi) is 3.97. The topological polar surface area (TPSA) is 90.4 Å². The molecule has 0 saturated heterocycles. The molecule has 110 valence electrons. The summed E-state index contributed by atoms with van der Waals surface area (Å²) in [7, 11) is 0. The van der Waals surface area contributed by atoms with Crippen LogP contribution in [0.3, 0.4) is 0 Å². The van der Waals surface area contributed by atoms with E-state index in [0.29, 0.717) is 5.56 Å². The molecule has 1 amide bonds. The van der Waals surface area contributed by atoms with Crippen molar-refractivity contribution in [3.8, 4) is 16.3 Å². The molecule has 0 aliphatic rings. The van der Waals surface area contributed by atoms with Gasteiger partial charge in [-0.05, 0) is 35.2 Å². The average molecular weight is 312 g/mol. The van der Waals surface area contributed by atoms with Crippen LogP contribution in [0.2, 0.25) is 0 Å². The standard InChI is InChI=1S/C15H12N4O2S/c20-11-4-1-3-10(7-11)9-16-19-15(21)13-8-12(17-18-13)14-5-2-6-22-14/h1-9,20H,(H,17,18)(H,19,21)/b16-9+. The van der Waals surface area contributed by atoms with E-state index in [0.717, 1.165) is 10.6 Å². The average Bonchev–Trinajstić information content (AvgIpc) is 3.18. The van der Waals surface area contributed by atoms with Crippen LogP contribution >= 0.6 is 11.3 Å². The summed E-state index contributed by atoms with van der Waals surface area (Å²) in [6, 6.07) is 12.1. The smallest absolute Gasteiger partial charge is 0.291 e. The first-order valence-corrected chi connectivity index (χ1v) is 7.32. The van der Waals surface area contributed by atoms with Gasteiger partial charge in [0.2, 0.25) is 0 Å². The number of benzene rings is 1. The first-order chi connectivity index (χ1) is 10.7. The van der Waals surface area contributed by atoms with E-state index in [9.17, 15) is 9.90 Å². The van der Waals surface area contributed by atoms with Crippen LogP contribution in [-0.2, 0) is 0 Å². The van der Waals surface area contributed by atoms with Crippen molar-refractivity contribution >= 4 is 23.5 Å². The number of amides is 1. The fourth-order valence-corrected chi connectivity index (χ4v) is 2.52. The first kappa shape index (κ1) is 14.0. The van der Waals surface area contributed by atoms with Gasteiger partial charge in [0.1, 0.15) is 5.75 Å². The molecule has 1 aromatic carbocycles. The second kappa shape index (κ2) is 6.23. The summed E-state index contributed by atoms with van der Waals surface area (Å²) < 4.78 is 0. The fraction of sp³-hybridized carbons (Fsp3) is 0. The van der Waals surface area contributed by atoms with E-state index < -0.39 is 5.91 Å². The number of aromatic hydroxyl groups is 1. The number of H-pyrrole nitrogens is 1. The molecule has 0 bridgehead atoms. The number of hydrogen-bond acceptors (Lipinski definition) is 5. The molecule has 0 unspecified atom stereocenters. The zero-order valence-electron chi connectivity index (χ0n) is 11.4. The summed E-state index contributed by atoms with van der Waals surface area (Å²) in [5, 5.41) is 21.9. The second-order valence-electron chi connectivity index (χ2n) is 4.44. The van der Waals surface area contributed by atoms with Gasteiger partial charge in [0.05, 0.1) is 16.8 Å². The van der Waals surface area contributed by atoms with Crippen LogP contribution in [0, 0.1) is 0 Å². The number of hydrogen-bond donors (Lipinski definition) is 3. The van der Waals surface area contributed by atoms with Crippen LogP contribution in [0.5, 0.6) is 5.75 Å². The fourth-order valence-electron chi connectivity index (χ4n) is 1.82. The van der Waals surface area contributed by atoms with Crippen molar-refractivity contribution in [3.05, 3.63) is 59.1 Å². The number of aromatic nitrogens is 2. The highest BCUT2D eigenvalue weighted by Gasteiger charge is 2.10. The van der Waals surface area contributed by atoms with Crippen molar-refractivity contribution in [2.75, 3.05) is 0 Å². The minimum absolute atomic E-state index is 0.142. The molecule has 0 radical (unpaired) electrons. The van der Waals surface area contributed by atoms with Gasteiger partial charge in [-0.1, -0.05) is 18.2 Å². The highest BCUT2D eigenvalue weighted by molar-refractivity contribution is 7.13. The molecule has 22 heavy (non-hydrogen) atoms. The van der Waals surface area contributed by atoms with Gasteiger partial charge in [-0.25, -0.2) is 5.43 Å². The number of carbonyl (C=O) groups excluding carboxylic acids is 1. The monoisotopic (exact) mass is 312 g/mol. The van der Waals surface area contributed by atoms with Gasteiger partial charge < -0.3 is 5.11 Å². The van der Waals surface area contributed by atoms with Gasteiger partial charge >= 0.3 is 0 Å². The van der Waals surface area contributed by atoms with Crippen molar-refractivity contribution in [2.24, 2.45) is 5.10 Å². The Hall–Kier alpha value is -2.93. The third kappa shape index (κ3) is 3.21. The molecule has 0 spiro atoms. The lowest BCUT2D eigenvalue weighted by Gasteiger charge is -1.96. The Morgan fingerprint density at radius 1 is 1.32 bits per heavy atom. The molecule has 3 N–H and O–H groups in total. The maximum atomic E-state index is 11.9. The quantitative estimate of drug-likeness (QED) is 0.511. The van der Waals surface area contributed by atoms with E-state index in [-0.39, 0.29) is 11.4 Å². The molecule has 3 rings (SSSR count). The summed E-state index contributed by atoms with van der Waals surface area (Å²) in [6.07, 6.45) is 1.45. The van der Waals surface area contributed by atoms with Gasteiger partial charge in [0.15, 0.2) is 5.69 Å². The van der Waals surface area contributed by atoms with Gasteiger partial charge in [0, 0.05) is 0 Å². The number of thiophene rings is 1. The number of nitrogens with zero attached hydrogens (tertiary/aromatic N) is 2. The second-order valence-corrected chi connectivity index (χ2v) is 5.39. The maximum absolute atomic E-state index is 11.9. The summed E-state index contributed by atoms with van der Waals surface area (Å²) in [5.74, 6) is -0.265. The van der Waals surface area contributed by atoms with E-state index in [1.54, 1.807) is 41.7 Å². The Morgan fingerprint density at radius 3 is 3.00 bits per heavy atom. The number of carbonyl (C=O) groups is 1. The molecule has 2 aromatic heterocycles. The predicted octanol–water partition coefficient (Wildman–Crippen LogP) is 2.61. The normalized spacial score (nSPS) is 10.9. The van der Waals surface area contributed by atoms with Crippen LogP contribution in [0.25, 0.3) is 10.6 Å². The lowest BCUT2D eigenvalue weighted by atomic mass is 10.2. The highest BCUT2D eigenvalue weighted by Crippen LogP contribution is 2.22. The van der Waals surface area contributed by atoms with Crippen LogP contribution in [0.15, 0.2) is 52.9 Å². The summed E-state index contributed by atoms with van der Waals surface area (Å²) in [6.45, 7) is 0. The van der Waals surface area contributed by atoms with Gasteiger partial charge in [-0.3, -0.25) is 9.89 Å². The number of rotatable bonds is 4. The zero-order chi connectivity index (χ0) is 15.4. The maximum Gasteiger partial charge on any atom is 0.291 e. The van der Waals surface area contributed by atoms with Crippen molar-refractivity contribution in [2.45, 2.75) is 0 Å². The number of nitrogens with one attached hydrogen (secondary N) is 2. The van der Waals surface area contributed by atoms with Crippen molar-refractivity contribution in [1.82, 2.24) is 15.6 Å². The highest BCUT2D eigenvalue weighted by atomic mass is 32.1.